The van der Waals surface area contributed by atoms with E-state index in [-0.39, 0.29) is 0 Å². The van der Waals surface area contributed by atoms with Crippen molar-refractivity contribution in [1.29, 1.82) is 0 Å². The van der Waals surface area contributed by atoms with Crippen LogP contribution in [0.25, 0.3) is 0 Å². The van der Waals surface area contributed by atoms with Gasteiger partial charge in [-0.15, -0.1) is 0 Å². The number of aryl methyl sites for hydroxylation is 1. The van der Waals surface area contributed by atoms with Gasteiger partial charge in [0.05, 0.1) is 10.7 Å². The first kappa shape index (κ1) is 13.9. The molecule has 2 aromatic carbocycles. The molecular weight excluding hydrogens is 288 g/mol. The fraction of sp³-hybridized carbons (Fsp3) is 0.188. The first-order valence-corrected chi connectivity index (χ1v) is 6.98. The van der Waals surface area contributed by atoms with Crippen molar-refractivity contribution in [2.24, 2.45) is 0 Å². The Morgan fingerprint density at radius 1 is 1.29 bits per heavy atom. The molecule has 0 bridgehead atoms. The van der Waals surface area contributed by atoms with Crippen LogP contribution in [-0.2, 0) is 4.79 Å². The molecule has 21 heavy (non-hydrogen) atoms. The van der Waals surface area contributed by atoms with Gasteiger partial charge in [0, 0.05) is 24.0 Å². The number of aliphatic hydroxyl groups is 1. The molecule has 0 radical (unpaired) electrons. The van der Waals surface area contributed by atoms with Gasteiger partial charge in [-0.3, -0.25) is 4.79 Å². The average Bonchev–Trinajstić information content (AvgIpc) is 2.73. The summed E-state index contributed by atoms with van der Waals surface area (Å²) in [6, 6.07) is 11.5. The second kappa shape index (κ2) is 5.06. The van der Waals surface area contributed by atoms with Crippen molar-refractivity contribution >= 4 is 34.6 Å². The highest BCUT2D eigenvalue weighted by Crippen LogP contribution is 2.40. The lowest BCUT2D eigenvalue weighted by atomic mass is 10.1. The molecule has 2 N–H and O–H groups in total. The summed E-state index contributed by atoms with van der Waals surface area (Å²) >= 11 is 6.31. The van der Waals surface area contributed by atoms with Gasteiger partial charge in [0.15, 0.2) is 6.10 Å². The van der Waals surface area contributed by atoms with Crippen LogP contribution in [0.1, 0.15) is 17.2 Å². The molecular formula is C16H15ClN2O2. The Labute approximate surface area is 128 Å². The van der Waals surface area contributed by atoms with E-state index >= 15 is 0 Å². The van der Waals surface area contributed by atoms with E-state index in [1.54, 1.807) is 12.1 Å². The largest absolute Gasteiger partial charge is 0.378 e. The van der Waals surface area contributed by atoms with Crippen molar-refractivity contribution in [2.45, 2.75) is 13.0 Å². The van der Waals surface area contributed by atoms with Gasteiger partial charge in [-0.25, -0.2) is 0 Å². The smallest absolute Gasteiger partial charge is 0.257 e. The molecule has 1 aliphatic rings. The molecule has 5 heteroatoms. The summed E-state index contributed by atoms with van der Waals surface area (Å²) in [5.41, 5.74) is 4.05. The van der Waals surface area contributed by atoms with Gasteiger partial charge in [0.2, 0.25) is 0 Å². The van der Waals surface area contributed by atoms with Crippen LogP contribution in [0.2, 0.25) is 5.02 Å². The van der Waals surface area contributed by atoms with Crippen molar-refractivity contribution in [2.75, 3.05) is 17.3 Å². The average molecular weight is 303 g/mol. The number of fused-ring (bicyclic) bond motifs is 1. The zero-order chi connectivity index (χ0) is 15.1. The monoisotopic (exact) mass is 302 g/mol. The molecule has 1 aliphatic heterocycles. The normalized spacial score (nSPS) is 16.6. The molecule has 1 heterocycles. The molecule has 0 aromatic heterocycles. The molecule has 2 aromatic rings. The number of benzene rings is 2. The van der Waals surface area contributed by atoms with Crippen molar-refractivity contribution in [1.82, 2.24) is 0 Å². The van der Waals surface area contributed by atoms with E-state index in [2.05, 4.69) is 11.4 Å². The number of carbonyl (C=O) groups is 1. The second-order valence-corrected chi connectivity index (χ2v) is 5.59. The Bertz CT molecular complexity index is 730. The van der Waals surface area contributed by atoms with Gasteiger partial charge in [-0.1, -0.05) is 23.7 Å². The Hall–Kier alpha value is -2.04. The SMILES string of the molecule is Cc1cccc(N(C)c2cc3c(cc2Cl)C(O)C(=O)N3)c1. The van der Waals surface area contributed by atoms with Crippen LogP contribution in [0.15, 0.2) is 36.4 Å². The number of halogens is 1. The van der Waals surface area contributed by atoms with E-state index in [1.807, 2.05) is 37.1 Å². The van der Waals surface area contributed by atoms with E-state index in [9.17, 15) is 9.90 Å². The standard InChI is InChI=1S/C16H15ClN2O2/c1-9-4-3-5-10(6-9)19(2)14-8-13-11(7-12(14)17)15(20)16(21)18-13/h3-8,15,20H,1-2H3,(H,18,21). The van der Waals surface area contributed by atoms with Crippen LogP contribution >= 0.6 is 11.6 Å². The predicted octanol–water partition coefficient (Wildman–Crippen LogP) is 3.40. The number of carbonyl (C=O) groups excluding carboxylic acids is 1. The number of anilines is 3. The van der Waals surface area contributed by atoms with Crippen LogP contribution in [-0.4, -0.2) is 18.1 Å². The highest BCUT2D eigenvalue weighted by molar-refractivity contribution is 6.34. The molecule has 0 saturated carbocycles. The molecule has 0 saturated heterocycles. The van der Waals surface area contributed by atoms with Crippen molar-refractivity contribution in [3.05, 3.63) is 52.5 Å². The van der Waals surface area contributed by atoms with E-state index < -0.39 is 12.0 Å². The quantitative estimate of drug-likeness (QED) is 0.894. The van der Waals surface area contributed by atoms with Gasteiger partial charge >= 0.3 is 0 Å². The lowest BCUT2D eigenvalue weighted by Gasteiger charge is -2.22. The summed E-state index contributed by atoms with van der Waals surface area (Å²) in [6.45, 7) is 2.03. The van der Waals surface area contributed by atoms with Crippen molar-refractivity contribution in [3.8, 4) is 0 Å². The zero-order valence-electron chi connectivity index (χ0n) is 11.7. The van der Waals surface area contributed by atoms with Crippen molar-refractivity contribution in [3.63, 3.8) is 0 Å². The van der Waals surface area contributed by atoms with E-state index in [4.69, 9.17) is 11.6 Å². The molecule has 1 atom stereocenters. The third-order valence-corrected chi connectivity index (χ3v) is 3.97. The van der Waals surface area contributed by atoms with Crippen LogP contribution in [0.5, 0.6) is 0 Å². The molecule has 4 nitrogen and oxygen atoms in total. The fourth-order valence-corrected chi connectivity index (χ4v) is 2.79. The topological polar surface area (TPSA) is 52.6 Å². The third-order valence-electron chi connectivity index (χ3n) is 3.67. The summed E-state index contributed by atoms with van der Waals surface area (Å²) in [5.74, 6) is -0.420. The van der Waals surface area contributed by atoms with Crippen LogP contribution in [0, 0.1) is 6.92 Å². The molecule has 0 fully saturated rings. The maximum atomic E-state index is 11.5. The molecule has 1 unspecified atom stereocenters. The minimum Gasteiger partial charge on any atom is -0.378 e. The molecule has 108 valence electrons. The highest BCUT2D eigenvalue weighted by atomic mass is 35.5. The highest BCUT2D eigenvalue weighted by Gasteiger charge is 2.30. The van der Waals surface area contributed by atoms with Gasteiger partial charge in [-0.2, -0.15) is 0 Å². The molecule has 1 amide bonds. The van der Waals surface area contributed by atoms with Gasteiger partial charge in [0.25, 0.3) is 5.91 Å². The summed E-state index contributed by atoms with van der Waals surface area (Å²) in [5, 5.41) is 12.9. The Balaban J connectivity index is 2.04. The lowest BCUT2D eigenvalue weighted by molar-refractivity contribution is -0.123. The van der Waals surface area contributed by atoms with Crippen LogP contribution in [0.3, 0.4) is 0 Å². The maximum Gasteiger partial charge on any atom is 0.257 e. The number of rotatable bonds is 2. The number of nitrogens with zero attached hydrogens (tertiary/aromatic N) is 1. The summed E-state index contributed by atoms with van der Waals surface area (Å²) < 4.78 is 0. The number of hydrogen-bond donors (Lipinski definition) is 2. The van der Waals surface area contributed by atoms with Crippen molar-refractivity contribution < 1.29 is 9.90 Å². The molecule has 0 spiro atoms. The number of aliphatic hydroxyl groups excluding tert-OH is 1. The van der Waals surface area contributed by atoms with Gasteiger partial charge in [0.1, 0.15) is 0 Å². The predicted molar refractivity (Wildman–Crippen MR) is 84.3 cm³/mol. The van der Waals surface area contributed by atoms with Gasteiger partial charge < -0.3 is 15.3 Å². The minimum atomic E-state index is -1.14. The second-order valence-electron chi connectivity index (χ2n) is 5.18. The minimum absolute atomic E-state index is 0.420. The zero-order valence-corrected chi connectivity index (χ0v) is 12.5. The van der Waals surface area contributed by atoms with E-state index in [1.165, 1.54) is 0 Å². The fourth-order valence-electron chi connectivity index (χ4n) is 2.49. The first-order valence-electron chi connectivity index (χ1n) is 6.60. The number of amides is 1. The van der Waals surface area contributed by atoms with Gasteiger partial charge in [-0.05, 0) is 36.8 Å². The van der Waals surface area contributed by atoms with E-state index in [0.717, 1.165) is 16.9 Å². The Morgan fingerprint density at radius 3 is 2.76 bits per heavy atom. The lowest BCUT2D eigenvalue weighted by Crippen LogP contribution is -2.11. The Morgan fingerprint density at radius 2 is 2.05 bits per heavy atom. The number of nitrogens with one attached hydrogen (secondary N) is 1. The van der Waals surface area contributed by atoms with Crippen LogP contribution in [0.4, 0.5) is 17.1 Å². The maximum absolute atomic E-state index is 11.5. The summed E-state index contributed by atoms with van der Waals surface area (Å²) in [4.78, 5) is 13.5. The van der Waals surface area contributed by atoms with E-state index in [0.29, 0.717) is 16.3 Å². The third kappa shape index (κ3) is 2.37. The molecule has 0 aliphatic carbocycles. The Kier molecular flexibility index (Phi) is 3.35. The molecule has 3 rings (SSSR count). The first-order chi connectivity index (χ1) is 9.97. The summed E-state index contributed by atoms with van der Waals surface area (Å²) in [6.07, 6.45) is -1.14. The van der Waals surface area contributed by atoms with Crippen LogP contribution < -0.4 is 10.2 Å². The number of hydrogen-bond acceptors (Lipinski definition) is 3. The summed E-state index contributed by atoms with van der Waals surface area (Å²) in [7, 11) is 1.91.